The van der Waals surface area contributed by atoms with Crippen LogP contribution in [0.15, 0.2) is 40.8 Å². The van der Waals surface area contributed by atoms with Gasteiger partial charge in [-0.1, -0.05) is 30.7 Å². The van der Waals surface area contributed by atoms with Crippen LogP contribution in [0, 0.1) is 0 Å². The van der Waals surface area contributed by atoms with Gasteiger partial charge in [-0.25, -0.2) is 4.99 Å². The van der Waals surface area contributed by atoms with Gasteiger partial charge in [-0.2, -0.15) is 0 Å². The number of benzene rings is 1. The van der Waals surface area contributed by atoms with Crippen LogP contribution in [-0.4, -0.2) is 77.2 Å². The van der Waals surface area contributed by atoms with E-state index in [2.05, 4.69) is 18.6 Å². The molecule has 0 spiro atoms. The van der Waals surface area contributed by atoms with Crippen molar-refractivity contribution in [2.24, 2.45) is 4.99 Å². The number of amides is 2. The number of halogens is 1. The van der Waals surface area contributed by atoms with Crippen molar-refractivity contribution in [3.8, 4) is 0 Å². The Labute approximate surface area is 194 Å². The van der Waals surface area contributed by atoms with Crippen LogP contribution >= 0.6 is 23.4 Å². The average molecular weight is 469 g/mol. The lowest BCUT2D eigenvalue weighted by Crippen LogP contribution is -2.40. The number of likely N-dealkylation sites (N-methyl/N-ethyl adjacent to an activating group) is 1. The molecule has 0 heterocycles. The van der Waals surface area contributed by atoms with Crippen LogP contribution in [0.5, 0.6) is 0 Å². The first-order chi connectivity index (χ1) is 14.9. The molecule has 1 N–H and O–H groups in total. The zero-order valence-corrected chi connectivity index (χ0v) is 20.2. The fourth-order valence-corrected chi connectivity index (χ4v) is 3.84. The molecule has 2 amide bonds. The number of nitrogens with zero attached hydrogens (tertiary/aromatic N) is 4. The number of hydrogen-bond acceptors (Lipinski definition) is 6. The van der Waals surface area contributed by atoms with Gasteiger partial charge in [0.25, 0.3) is 5.91 Å². The molecule has 0 fully saturated rings. The number of thioether (sulfide) groups is 1. The van der Waals surface area contributed by atoms with Crippen molar-refractivity contribution in [3.05, 3.63) is 46.4 Å². The largest absolute Gasteiger partial charge is 0.396 e. The van der Waals surface area contributed by atoms with Gasteiger partial charge < -0.3 is 14.9 Å². The molecule has 0 aliphatic carbocycles. The van der Waals surface area contributed by atoms with Gasteiger partial charge in [0.05, 0.1) is 5.88 Å². The average Bonchev–Trinajstić information content (AvgIpc) is 2.78. The van der Waals surface area contributed by atoms with Gasteiger partial charge in [0.1, 0.15) is 5.70 Å². The highest BCUT2D eigenvalue weighted by Gasteiger charge is 2.27. The Morgan fingerprint density at radius 1 is 1.29 bits per heavy atom. The first-order valence-electron chi connectivity index (χ1n) is 10.3. The minimum absolute atomic E-state index is 0.0144. The molecule has 0 saturated heterocycles. The standard InChI is InChI=1S/C22H33ClN4O3S/c1-5-14-31-17-27(15-18-8-10-19(23)11-9-18)20(21(24-3)26(6-2)16-29)22(30)25(4)12-7-13-28/h8-11,16,28H,3,5-7,12-15,17H2,1-2,4H3/b21-20+. The molecular formula is C22H33ClN4O3S. The molecule has 0 bridgehead atoms. The van der Waals surface area contributed by atoms with E-state index in [9.17, 15) is 9.59 Å². The van der Waals surface area contributed by atoms with Crippen molar-refractivity contribution in [1.82, 2.24) is 14.7 Å². The van der Waals surface area contributed by atoms with Gasteiger partial charge in [-0.3, -0.25) is 14.5 Å². The molecule has 1 rings (SSSR count). The molecule has 172 valence electrons. The fraction of sp³-hybridized carbons (Fsp3) is 0.500. The normalized spacial score (nSPS) is 11.5. The van der Waals surface area contributed by atoms with Gasteiger partial charge in [-0.05, 0) is 49.9 Å². The summed E-state index contributed by atoms with van der Waals surface area (Å²) in [5.41, 5.74) is 1.28. The van der Waals surface area contributed by atoms with E-state index >= 15 is 0 Å². The predicted molar refractivity (Wildman–Crippen MR) is 129 cm³/mol. The van der Waals surface area contributed by atoms with E-state index in [0.29, 0.717) is 49.1 Å². The Morgan fingerprint density at radius 3 is 2.48 bits per heavy atom. The second-order valence-electron chi connectivity index (χ2n) is 6.89. The predicted octanol–water partition coefficient (Wildman–Crippen LogP) is 3.43. The van der Waals surface area contributed by atoms with E-state index in [1.54, 1.807) is 18.8 Å². The van der Waals surface area contributed by atoms with Crippen LogP contribution in [0.1, 0.15) is 32.3 Å². The molecule has 0 atom stereocenters. The molecule has 1 aromatic carbocycles. The van der Waals surface area contributed by atoms with Crippen LogP contribution in [-0.2, 0) is 16.1 Å². The van der Waals surface area contributed by atoms with E-state index in [0.717, 1.165) is 17.7 Å². The van der Waals surface area contributed by atoms with Crippen LogP contribution in [0.2, 0.25) is 5.02 Å². The van der Waals surface area contributed by atoms with E-state index in [4.69, 9.17) is 16.7 Å². The van der Waals surface area contributed by atoms with Gasteiger partial charge in [0.2, 0.25) is 6.41 Å². The van der Waals surface area contributed by atoms with Gasteiger partial charge in [0.15, 0.2) is 5.82 Å². The van der Waals surface area contributed by atoms with Crippen LogP contribution < -0.4 is 0 Å². The summed E-state index contributed by atoms with van der Waals surface area (Å²) in [5.74, 6) is 1.42. The summed E-state index contributed by atoms with van der Waals surface area (Å²) in [6.45, 7) is 8.71. The maximum atomic E-state index is 13.5. The van der Waals surface area contributed by atoms with Gasteiger partial charge >= 0.3 is 0 Å². The van der Waals surface area contributed by atoms with Gasteiger partial charge in [0, 0.05) is 38.3 Å². The lowest BCUT2D eigenvalue weighted by Gasteiger charge is -2.32. The van der Waals surface area contributed by atoms with Crippen molar-refractivity contribution >= 4 is 42.4 Å². The van der Waals surface area contributed by atoms with E-state index in [1.165, 1.54) is 9.80 Å². The highest BCUT2D eigenvalue weighted by atomic mass is 35.5. The van der Waals surface area contributed by atoms with E-state index in [-0.39, 0.29) is 18.3 Å². The first-order valence-corrected chi connectivity index (χ1v) is 11.8. The zero-order valence-electron chi connectivity index (χ0n) is 18.6. The second-order valence-corrected chi connectivity index (χ2v) is 8.40. The summed E-state index contributed by atoms with van der Waals surface area (Å²) in [6.07, 6.45) is 2.12. The Morgan fingerprint density at radius 2 is 1.97 bits per heavy atom. The summed E-state index contributed by atoms with van der Waals surface area (Å²) in [5, 5.41) is 9.80. The third-order valence-corrected chi connectivity index (χ3v) is 5.94. The number of carbonyl (C=O) groups excluding carboxylic acids is 2. The Bertz CT molecular complexity index is 743. The maximum Gasteiger partial charge on any atom is 0.273 e. The molecule has 9 heteroatoms. The highest BCUT2D eigenvalue weighted by Crippen LogP contribution is 2.24. The number of rotatable bonds is 15. The number of carbonyl (C=O) groups is 2. The summed E-state index contributed by atoms with van der Waals surface area (Å²) in [7, 11) is 1.68. The van der Waals surface area contributed by atoms with Crippen molar-refractivity contribution in [2.45, 2.75) is 33.2 Å². The highest BCUT2D eigenvalue weighted by molar-refractivity contribution is 7.99. The first kappa shape index (κ1) is 27.0. The Hall–Kier alpha value is -2.03. The zero-order chi connectivity index (χ0) is 23.2. The van der Waals surface area contributed by atoms with Crippen molar-refractivity contribution < 1.29 is 14.7 Å². The molecule has 7 nitrogen and oxygen atoms in total. The summed E-state index contributed by atoms with van der Waals surface area (Å²) >= 11 is 7.73. The van der Waals surface area contributed by atoms with E-state index < -0.39 is 0 Å². The number of aliphatic hydroxyl groups excluding tert-OH is 1. The fourth-order valence-electron chi connectivity index (χ4n) is 2.86. The molecule has 31 heavy (non-hydrogen) atoms. The SMILES string of the molecule is C=N/C(=C(/C(=O)N(C)CCCO)N(CSCCC)Cc1ccc(Cl)cc1)N(C=O)CC. The number of aliphatic imine (C=N–C) groups is 1. The van der Waals surface area contributed by atoms with Crippen LogP contribution in [0.3, 0.4) is 0 Å². The topological polar surface area (TPSA) is 76.5 Å². The summed E-state index contributed by atoms with van der Waals surface area (Å²) < 4.78 is 0. The Kier molecular flexibility index (Phi) is 13.0. The summed E-state index contributed by atoms with van der Waals surface area (Å²) in [4.78, 5) is 34.1. The Balaban J connectivity index is 3.48. The smallest absolute Gasteiger partial charge is 0.273 e. The molecule has 0 aliphatic rings. The lowest BCUT2D eigenvalue weighted by atomic mass is 10.2. The molecule has 0 aromatic heterocycles. The van der Waals surface area contributed by atoms with E-state index in [1.807, 2.05) is 36.1 Å². The molecule has 1 aromatic rings. The minimum Gasteiger partial charge on any atom is -0.396 e. The number of hydrogen-bond donors (Lipinski definition) is 1. The van der Waals surface area contributed by atoms with Crippen molar-refractivity contribution in [2.75, 3.05) is 38.4 Å². The third kappa shape index (κ3) is 8.55. The summed E-state index contributed by atoms with van der Waals surface area (Å²) in [6, 6.07) is 7.44. The lowest BCUT2D eigenvalue weighted by molar-refractivity contribution is -0.127. The molecule has 0 unspecified atom stereocenters. The maximum absolute atomic E-state index is 13.5. The molecule has 0 radical (unpaired) electrons. The molecular weight excluding hydrogens is 436 g/mol. The van der Waals surface area contributed by atoms with Crippen molar-refractivity contribution in [1.29, 1.82) is 0 Å². The quantitative estimate of drug-likeness (QED) is 0.140. The van der Waals surface area contributed by atoms with Crippen LogP contribution in [0.4, 0.5) is 0 Å². The van der Waals surface area contributed by atoms with Gasteiger partial charge in [-0.15, -0.1) is 11.8 Å². The van der Waals surface area contributed by atoms with Crippen LogP contribution in [0.25, 0.3) is 0 Å². The molecule has 0 saturated carbocycles. The third-order valence-electron chi connectivity index (χ3n) is 4.50. The minimum atomic E-state index is -0.276. The monoisotopic (exact) mass is 468 g/mol. The van der Waals surface area contributed by atoms with Crippen molar-refractivity contribution in [3.63, 3.8) is 0 Å². The molecule has 0 aliphatic heterocycles. The number of aliphatic hydroxyl groups is 1. The second kappa shape index (κ2) is 14.9.